The third kappa shape index (κ3) is 6.20. The highest BCUT2D eigenvalue weighted by Gasteiger charge is 2.31. The summed E-state index contributed by atoms with van der Waals surface area (Å²) in [6.07, 6.45) is -4.41. The number of ether oxygens (including phenoxy) is 1. The molecule has 0 unspecified atom stereocenters. The van der Waals surface area contributed by atoms with Gasteiger partial charge in [-0.3, -0.25) is 9.36 Å². The van der Waals surface area contributed by atoms with Crippen LogP contribution >= 0.6 is 0 Å². The minimum atomic E-state index is -4.78. The van der Waals surface area contributed by atoms with E-state index in [0.29, 0.717) is 23.6 Å². The van der Waals surface area contributed by atoms with Gasteiger partial charge < -0.3 is 15.2 Å². The van der Waals surface area contributed by atoms with E-state index in [0.717, 1.165) is 22.2 Å². The third-order valence-electron chi connectivity index (χ3n) is 6.21. The van der Waals surface area contributed by atoms with Crippen molar-refractivity contribution in [2.24, 2.45) is 0 Å². The van der Waals surface area contributed by atoms with Crippen molar-refractivity contribution in [1.82, 2.24) is 9.55 Å². The molecule has 0 aliphatic heterocycles. The summed E-state index contributed by atoms with van der Waals surface area (Å²) in [4.78, 5) is 15.9. The molecule has 39 heavy (non-hydrogen) atoms. The normalized spacial score (nSPS) is 11.6. The number of carboxylic acids is 1. The van der Waals surface area contributed by atoms with E-state index in [1.54, 1.807) is 0 Å². The lowest BCUT2D eigenvalue weighted by Gasteiger charge is -2.23. The molecule has 0 radical (unpaired) electrons. The Morgan fingerprint density at radius 2 is 1.51 bits per heavy atom. The number of fused-ring (bicyclic) bond motifs is 1. The average Bonchev–Trinajstić information content (AvgIpc) is 3.26. The summed E-state index contributed by atoms with van der Waals surface area (Å²) in [6.45, 7) is 0. The van der Waals surface area contributed by atoms with Gasteiger partial charge in [-0.15, -0.1) is 13.2 Å². The number of nitrogens with one attached hydrogen (secondary N) is 1. The van der Waals surface area contributed by atoms with E-state index in [2.05, 4.69) is 10.1 Å². The smallest absolute Gasteiger partial charge is 0.481 e. The Labute approximate surface area is 222 Å². The topological polar surface area (TPSA) is 76.4 Å². The summed E-state index contributed by atoms with van der Waals surface area (Å²) < 4.78 is 43.9. The number of aliphatic carboxylic acids is 1. The van der Waals surface area contributed by atoms with Crippen LogP contribution in [0.5, 0.6) is 5.75 Å². The van der Waals surface area contributed by atoms with Crippen LogP contribution < -0.4 is 10.1 Å². The number of aromatic nitrogens is 2. The molecule has 1 aromatic heterocycles. The summed E-state index contributed by atoms with van der Waals surface area (Å²) in [7, 11) is 0. The molecule has 0 aliphatic rings. The largest absolute Gasteiger partial charge is 0.573 e. The van der Waals surface area contributed by atoms with Crippen LogP contribution in [0.15, 0.2) is 103 Å². The molecule has 1 heterocycles. The lowest BCUT2D eigenvalue weighted by molar-refractivity contribution is -0.274. The summed E-state index contributed by atoms with van der Waals surface area (Å²) in [5.74, 6) is -0.729. The number of aryl methyl sites for hydroxylation is 1. The van der Waals surface area contributed by atoms with Crippen molar-refractivity contribution >= 4 is 28.6 Å². The maximum Gasteiger partial charge on any atom is 0.573 e. The van der Waals surface area contributed by atoms with E-state index >= 15 is 0 Å². The van der Waals surface area contributed by atoms with Crippen LogP contribution in [0.4, 0.5) is 24.8 Å². The molecule has 4 aromatic carbocycles. The number of anilines is 2. The molecular formula is C30H24F3N3O3. The predicted octanol–water partition coefficient (Wildman–Crippen LogP) is 7.33. The summed E-state index contributed by atoms with van der Waals surface area (Å²) >= 11 is 0. The Morgan fingerprint density at radius 3 is 2.08 bits per heavy atom. The molecule has 0 atom stereocenters. The number of nitrogens with zero attached hydrogens (tertiary/aromatic N) is 2. The number of halogens is 3. The van der Waals surface area contributed by atoms with Crippen molar-refractivity contribution in [2.45, 2.75) is 25.2 Å². The Hall–Kier alpha value is -4.79. The number of hydrogen-bond donors (Lipinski definition) is 2. The molecule has 6 nitrogen and oxygen atoms in total. The first-order valence-electron chi connectivity index (χ1n) is 12.2. The standard InChI is InChI=1S/C30H24F3N3O3/c31-30(32,33)39-24-15-13-23(14-16-24)34-29-35-25-19-20(12-18-27(37)38)11-17-26(25)36(29)28(21-7-3-1-4-8-21)22-9-5-2-6-10-22/h1-11,13-17,19,28H,12,18H2,(H,34,35)(H,37,38). The van der Waals surface area contributed by atoms with Gasteiger partial charge in [-0.25, -0.2) is 4.98 Å². The van der Waals surface area contributed by atoms with Gasteiger partial charge in [0.2, 0.25) is 5.95 Å². The van der Waals surface area contributed by atoms with Crippen molar-refractivity contribution in [3.8, 4) is 5.75 Å². The van der Waals surface area contributed by atoms with Crippen LogP contribution in [-0.2, 0) is 11.2 Å². The van der Waals surface area contributed by atoms with Gasteiger partial charge in [0.1, 0.15) is 5.75 Å². The number of benzene rings is 4. The summed E-state index contributed by atoms with van der Waals surface area (Å²) in [6, 6.07) is 30.7. The zero-order valence-electron chi connectivity index (χ0n) is 20.6. The zero-order valence-corrected chi connectivity index (χ0v) is 20.6. The molecule has 0 fully saturated rings. The molecule has 5 aromatic rings. The van der Waals surface area contributed by atoms with E-state index in [1.807, 2.05) is 83.4 Å². The van der Waals surface area contributed by atoms with Gasteiger partial charge in [-0.05, 0) is 59.5 Å². The van der Waals surface area contributed by atoms with Crippen LogP contribution in [0.3, 0.4) is 0 Å². The van der Waals surface area contributed by atoms with Gasteiger partial charge in [-0.2, -0.15) is 0 Å². The van der Waals surface area contributed by atoms with Gasteiger partial charge in [0.25, 0.3) is 0 Å². The summed E-state index contributed by atoms with van der Waals surface area (Å²) in [5, 5.41) is 12.4. The van der Waals surface area contributed by atoms with Crippen LogP contribution in [0.2, 0.25) is 0 Å². The highest BCUT2D eigenvalue weighted by atomic mass is 19.4. The van der Waals surface area contributed by atoms with Crippen LogP contribution in [0, 0.1) is 0 Å². The fourth-order valence-electron chi connectivity index (χ4n) is 4.53. The first-order valence-corrected chi connectivity index (χ1v) is 12.2. The van der Waals surface area contributed by atoms with Crippen molar-refractivity contribution in [3.63, 3.8) is 0 Å². The molecule has 0 bridgehead atoms. The lowest BCUT2D eigenvalue weighted by atomic mass is 9.98. The maximum absolute atomic E-state index is 12.6. The molecule has 198 valence electrons. The fraction of sp³-hybridized carbons (Fsp3) is 0.133. The van der Waals surface area contributed by atoms with E-state index in [-0.39, 0.29) is 18.2 Å². The fourth-order valence-corrected chi connectivity index (χ4v) is 4.53. The van der Waals surface area contributed by atoms with Gasteiger partial charge in [-0.1, -0.05) is 66.7 Å². The molecule has 0 aliphatic carbocycles. The minimum absolute atomic E-state index is 0.000321. The number of carbonyl (C=O) groups is 1. The number of alkyl halides is 3. The molecule has 0 saturated heterocycles. The van der Waals surface area contributed by atoms with Crippen molar-refractivity contribution in [1.29, 1.82) is 0 Å². The molecule has 0 spiro atoms. The SMILES string of the molecule is O=C(O)CCc1ccc2c(c1)nc(Nc1ccc(OC(F)(F)F)cc1)n2C(c1ccccc1)c1ccccc1. The second-order valence-electron chi connectivity index (χ2n) is 8.94. The zero-order chi connectivity index (χ0) is 27.4. The predicted molar refractivity (Wildman–Crippen MR) is 142 cm³/mol. The van der Waals surface area contributed by atoms with Crippen LogP contribution in [0.25, 0.3) is 11.0 Å². The van der Waals surface area contributed by atoms with Crippen LogP contribution in [-0.4, -0.2) is 27.0 Å². The van der Waals surface area contributed by atoms with E-state index in [9.17, 15) is 18.0 Å². The third-order valence-corrected chi connectivity index (χ3v) is 6.21. The van der Waals surface area contributed by atoms with Crippen LogP contribution in [0.1, 0.15) is 29.2 Å². The quantitative estimate of drug-likeness (QED) is 0.208. The molecule has 5 rings (SSSR count). The number of carboxylic acid groups (broad SMARTS) is 1. The molecular weight excluding hydrogens is 507 g/mol. The van der Waals surface area contributed by atoms with E-state index in [1.165, 1.54) is 24.3 Å². The monoisotopic (exact) mass is 531 g/mol. The van der Waals surface area contributed by atoms with Gasteiger partial charge in [0.15, 0.2) is 0 Å². The second-order valence-corrected chi connectivity index (χ2v) is 8.94. The van der Waals surface area contributed by atoms with Crippen molar-refractivity contribution in [3.05, 3.63) is 120 Å². The Bertz CT molecular complexity index is 1530. The number of imidazole rings is 1. The van der Waals surface area contributed by atoms with Crippen molar-refractivity contribution in [2.75, 3.05) is 5.32 Å². The highest BCUT2D eigenvalue weighted by Crippen LogP contribution is 2.35. The molecule has 0 saturated carbocycles. The average molecular weight is 532 g/mol. The van der Waals surface area contributed by atoms with E-state index < -0.39 is 12.3 Å². The minimum Gasteiger partial charge on any atom is -0.481 e. The maximum atomic E-state index is 12.6. The van der Waals surface area contributed by atoms with Gasteiger partial charge in [0.05, 0.1) is 17.1 Å². The first-order chi connectivity index (χ1) is 18.8. The molecule has 0 amide bonds. The molecule has 2 N–H and O–H groups in total. The van der Waals surface area contributed by atoms with Gasteiger partial charge in [0, 0.05) is 12.1 Å². The highest BCUT2D eigenvalue weighted by molar-refractivity contribution is 5.81. The Balaban J connectivity index is 1.62. The van der Waals surface area contributed by atoms with E-state index in [4.69, 9.17) is 10.1 Å². The molecule has 9 heteroatoms. The number of rotatable bonds is 9. The van der Waals surface area contributed by atoms with Gasteiger partial charge >= 0.3 is 12.3 Å². The second kappa shape index (κ2) is 10.9. The Kier molecular flexibility index (Phi) is 7.23. The number of hydrogen-bond acceptors (Lipinski definition) is 4. The first kappa shape index (κ1) is 25.8. The summed E-state index contributed by atoms with van der Waals surface area (Å²) in [5.41, 5.74) is 4.85. The lowest BCUT2D eigenvalue weighted by Crippen LogP contribution is -2.17. The van der Waals surface area contributed by atoms with Crippen molar-refractivity contribution < 1.29 is 27.8 Å². The Morgan fingerprint density at radius 1 is 0.897 bits per heavy atom.